The Hall–Kier alpha value is -1.75. The molecule has 0 amide bonds. The lowest BCUT2D eigenvalue weighted by molar-refractivity contribution is 0.931. The van der Waals surface area contributed by atoms with Crippen LogP contribution in [0.4, 0.5) is 5.69 Å². The molecule has 1 rings (SSSR count). The van der Waals surface area contributed by atoms with E-state index in [0.717, 1.165) is 18.7 Å². The van der Waals surface area contributed by atoms with Gasteiger partial charge in [0.05, 0.1) is 11.6 Å². The Kier molecular flexibility index (Phi) is 3.93. The van der Waals surface area contributed by atoms with Crippen LogP contribution in [0.3, 0.4) is 0 Å². The van der Waals surface area contributed by atoms with Gasteiger partial charge in [-0.1, -0.05) is 19.1 Å². The monoisotopic (exact) mass is 200 g/mol. The van der Waals surface area contributed by atoms with E-state index >= 15 is 0 Å². The van der Waals surface area contributed by atoms with Crippen LogP contribution in [0.25, 0.3) is 0 Å². The van der Waals surface area contributed by atoms with Crippen LogP contribution in [-0.2, 0) is 0 Å². The quantitative estimate of drug-likeness (QED) is 0.699. The first-order valence-electron chi connectivity index (χ1n) is 5.05. The minimum absolute atomic E-state index is 0.696. The molecular weight excluding hydrogens is 184 g/mol. The van der Waals surface area contributed by atoms with E-state index in [1.807, 2.05) is 31.3 Å². The Morgan fingerprint density at radius 2 is 2.00 bits per heavy atom. The van der Waals surface area contributed by atoms with E-state index in [4.69, 9.17) is 5.26 Å². The van der Waals surface area contributed by atoms with Crippen LogP contribution in [0.5, 0.6) is 0 Å². The molecule has 0 aromatic heterocycles. The Bertz CT molecular complexity index is 371. The highest BCUT2D eigenvalue weighted by Crippen LogP contribution is 2.14. The minimum atomic E-state index is 0.696. The summed E-state index contributed by atoms with van der Waals surface area (Å²) >= 11 is 0. The maximum Gasteiger partial charge on any atom is 0.0991 e. The van der Waals surface area contributed by atoms with Crippen LogP contribution in [-0.4, -0.2) is 13.6 Å². The van der Waals surface area contributed by atoms with Crippen LogP contribution in [0.1, 0.15) is 18.9 Å². The van der Waals surface area contributed by atoms with E-state index in [1.165, 1.54) is 5.57 Å². The molecule has 0 saturated carbocycles. The van der Waals surface area contributed by atoms with E-state index in [0.29, 0.717) is 5.56 Å². The molecule has 0 heterocycles. The maximum absolute atomic E-state index is 8.67. The second-order valence-electron chi connectivity index (χ2n) is 3.62. The first-order valence-corrected chi connectivity index (χ1v) is 5.05. The van der Waals surface area contributed by atoms with Crippen molar-refractivity contribution in [3.8, 4) is 6.07 Å². The number of hydrogen-bond donors (Lipinski definition) is 0. The molecule has 0 N–H and O–H groups in total. The van der Waals surface area contributed by atoms with Crippen LogP contribution in [0.2, 0.25) is 0 Å². The molecule has 15 heavy (non-hydrogen) atoms. The first-order chi connectivity index (χ1) is 7.17. The molecule has 0 aliphatic carbocycles. The molecule has 2 nitrogen and oxygen atoms in total. The number of hydrogen-bond acceptors (Lipinski definition) is 2. The van der Waals surface area contributed by atoms with Gasteiger partial charge in [0.15, 0.2) is 0 Å². The normalized spacial score (nSPS) is 9.40. The second kappa shape index (κ2) is 5.21. The average Bonchev–Trinajstić information content (AvgIpc) is 2.29. The topological polar surface area (TPSA) is 27.0 Å². The minimum Gasteiger partial charge on any atom is -0.371 e. The predicted molar refractivity (Wildman–Crippen MR) is 63.9 cm³/mol. The van der Waals surface area contributed by atoms with Crippen LogP contribution < -0.4 is 4.90 Å². The number of anilines is 1. The highest BCUT2D eigenvalue weighted by molar-refractivity contribution is 5.49. The summed E-state index contributed by atoms with van der Waals surface area (Å²) in [6, 6.07) is 9.70. The molecule has 0 spiro atoms. The van der Waals surface area contributed by atoms with Gasteiger partial charge in [-0.25, -0.2) is 0 Å². The fourth-order valence-corrected chi connectivity index (χ4v) is 1.33. The van der Waals surface area contributed by atoms with Crippen LogP contribution in [0, 0.1) is 11.3 Å². The van der Waals surface area contributed by atoms with Gasteiger partial charge in [-0.05, 0) is 30.7 Å². The maximum atomic E-state index is 8.67. The molecule has 0 atom stereocenters. The highest BCUT2D eigenvalue weighted by Gasteiger charge is 2.01. The third kappa shape index (κ3) is 3.14. The SMILES string of the molecule is C=C(CC)CN(C)c1ccc(C#N)cc1. The summed E-state index contributed by atoms with van der Waals surface area (Å²) in [5.41, 5.74) is 3.02. The standard InChI is InChI=1S/C13H16N2/c1-4-11(2)10-15(3)13-7-5-12(9-14)6-8-13/h5-8H,2,4,10H2,1,3H3. The van der Waals surface area contributed by atoms with Gasteiger partial charge in [0.1, 0.15) is 0 Å². The van der Waals surface area contributed by atoms with Crippen molar-refractivity contribution in [3.63, 3.8) is 0 Å². The molecule has 0 saturated heterocycles. The average molecular weight is 200 g/mol. The molecule has 0 aliphatic heterocycles. The third-order valence-corrected chi connectivity index (χ3v) is 2.40. The molecule has 2 heteroatoms. The van der Waals surface area contributed by atoms with Crippen molar-refractivity contribution in [2.75, 3.05) is 18.5 Å². The number of likely N-dealkylation sites (N-methyl/N-ethyl adjacent to an activating group) is 1. The van der Waals surface area contributed by atoms with Gasteiger partial charge in [0.2, 0.25) is 0 Å². The number of rotatable bonds is 4. The summed E-state index contributed by atoms with van der Waals surface area (Å²) in [7, 11) is 2.03. The van der Waals surface area contributed by atoms with E-state index in [1.54, 1.807) is 0 Å². The molecule has 0 fully saturated rings. The molecule has 78 valence electrons. The zero-order chi connectivity index (χ0) is 11.3. The van der Waals surface area contributed by atoms with Crippen molar-refractivity contribution < 1.29 is 0 Å². The summed E-state index contributed by atoms with van der Waals surface area (Å²) in [4.78, 5) is 2.13. The number of nitriles is 1. The molecule has 1 aromatic rings. The molecular formula is C13H16N2. The summed E-state index contributed by atoms with van der Waals surface area (Å²) < 4.78 is 0. The fraction of sp³-hybridized carbons (Fsp3) is 0.308. The second-order valence-corrected chi connectivity index (χ2v) is 3.62. The van der Waals surface area contributed by atoms with Crippen molar-refractivity contribution in [1.82, 2.24) is 0 Å². The zero-order valence-electron chi connectivity index (χ0n) is 9.33. The third-order valence-electron chi connectivity index (χ3n) is 2.40. The summed E-state index contributed by atoms with van der Waals surface area (Å²) in [6.07, 6.45) is 1.00. The summed E-state index contributed by atoms with van der Waals surface area (Å²) in [5.74, 6) is 0. The van der Waals surface area contributed by atoms with Gasteiger partial charge in [0, 0.05) is 19.3 Å². The Balaban J connectivity index is 2.70. The number of nitrogens with zero attached hydrogens (tertiary/aromatic N) is 2. The number of benzene rings is 1. The lowest BCUT2D eigenvalue weighted by Gasteiger charge is -2.20. The molecule has 0 aliphatic rings. The van der Waals surface area contributed by atoms with Crippen molar-refractivity contribution in [3.05, 3.63) is 42.0 Å². The van der Waals surface area contributed by atoms with E-state index in [9.17, 15) is 0 Å². The predicted octanol–water partition coefficient (Wildman–Crippen LogP) is 2.96. The Morgan fingerprint density at radius 3 is 2.47 bits per heavy atom. The first kappa shape index (κ1) is 11.3. The van der Waals surface area contributed by atoms with Crippen molar-refractivity contribution in [2.24, 2.45) is 0 Å². The molecule has 0 bridgehead atoms. The molecule has 0 radical (unpaired) electrons. The van der Waals surface area contributed by atoms with Gasteiger partial charge in [0.25, 0.3) is 0 Å². The van der Waals surface area contributed by atoms with Crippen LogP contribution >= 0.6 is 0 Å². The largest absolute Gasteiger partial charge is 0.371 e. The Labute approximate surface area is 91.4 Å². The molecule has 1 aromatic carbocycles. The summed E-state index contributed by atoms with van der Waals surface area (Å²) in [5, 5.41) is 8.67. The van der Waals surface area contributed by atoms with Gasteiger partial charge in [-0.2, -0.15) is 5.26 Å². The smallest absolute Gasteiger partial charge is 0.0991 e. The lowest BCUT2D eigenvalue weighted by atomic mass is 10.2. The fourth-order valence-electron chi connectivity index (χ4n) is 1.33. The lowest BCUT2D eigenvalue weighted by Crippen LogP contribution is -2.19. The highest BCUT2D eigenvalue weighted by atomic mass is 15.1. The van der Waals surface area contributed by atoms with Gasteiger partial charge < -0.3 is 4.90 Å². The Morgan fingerprint density at radius 1 is 1.40 bits per heavy atom. The van der Waals surface area contributed by atoms with Crippen molar-refractivity contribution >= 4 is 5.69 Å². The van der Waals surface area contributed by atoms with E-state index < -0.39 is 0 Å². The summed E-state index contributed by atoms with van der Waals surface area (Å²) in [6.45, 7) is 6.95. The van der Waals surface area contributed by atoms with E-state index in [2.05, 4.69) is 24.5 Å². The van der Waals surface area contributed by atoms with Gasteiger partial charge in [-0.3, -0.25) is 0 Å². The van der Waals surface area contributed by atoms with E-state index in [-0.39, 0.29) is 0 Å². The zero-order valence-corrected chi connectivity index (χ0v) is 9.33. The van der Waals surface area contributed by atoms with Crippen LogP contribution in [0.15, 0.2) is 36.4 Å². The molecule has 0 unspecified atom stereocenters. The van der Waals surface area contributed by atoms with Crippen molar-refractivity contribution in [1.29, 1.82) is 5.26 Å². The van der Waals surface area contributed by atoms with Crippen molar-refractivity contribution in [2.45, 2.75) is 13.3 Å². The van der Waals surface area contributed by atoms with Gasteiger partial charge >= 0.3 is 0 Å². The van der Waals surface area contributed by atoms with Gasteiger partial charge in [-0.15, -0.1) is 0 Å².